The van der Waals surface area contributed by atoms with Gasteiger partial charge in [0.05, 0.1) is 12.0 Å². The van der Waals surface area contributed by atoms with E-state index in [0.717, 1.165) is 11.3 Å². The number of furan rings is 1. The Bertz CT molecular complexity index is 1100. The Hall–Kier alpha value is -3.82. The minimum Gasteiger partial charge on any atom is -0.461 e. The zero-order chi connectivity index (χ0) is 19.5. The van der Waals surface area contributed by atoms with E-state index in [1.165, 1.54) is 6.26 Å². The van der Waals surface area contributed by atoms with Crippen LogP contribution in [0.25, 0.3) is 17.3 Å². The molecule has 0 unspecified atom stereocenters. The number of hydrogen-bond donors (Lipinski definition) is 1. The van der Waals surface area contributed by atoms with Gasteiger partial charge >= 0.3 is 0 Å². The van der Waals surface area contributed by atoms with Crippen molar-refractivity contribution in [1.82, 2.24) is 30.3 Å². The van der Waals surface area contributed by atoms with Crippen LogP contribution in [0, 0.1) is 13.8 Å². The molecule has 0 fully saturated rings. The SMILES string of the molecule is Cc1ccc(NC(=O)CCc2nc(-c3ccco3)no2)cc1-n1nnnc1C. The number of rotatable bonds is 6. The van der Waals surface area contributed by atoms with Crippen LogP contribution >= 0.6 is 0 Å². The summed E-state index contributed by atoms with van der Waals surface area (Å²) < 4.78 is 12.0. The van der Waals surface area contributed by atoms with Crippen LogP contribution in [0.2, 0.25) is 0 Å². The standard InChI is InChI=1S/C18H17N7O3/c1-11-5-6-13(10-14(11)25-12(2)21-23-24-25)19-16(26)7-8-17-20-18(22-28-17)15-4-3-9-27-15/h3-6,9-10H,7-8H2,1-2H3,(H,19,26). The van der Waals surface area contributed by atoms with Crippen molar-refractivity contribution in [2.24, 2.45) is 0 Å². The fourth-order valence-electron chi connectivity index (χ4n) is 2.68. The largest absolute Gasteiger partial charge is 0.461 e. The van der Waals surface area contributed by atoms with Gasteiger partial charge in [-0.05, 0) is 54.1 Å². The molecule has 4 rings (SSSR count). The Morgan fingerprint density at radius 1 is 1.25 bits per heavy atom. The molecule has 28 heavy (non-hydrogen) atoms. The fourth-order valence-corrected chi connectivity index (χ4v) is 2.68. The van der Waals surface area contributed by atoms with E-state index in [1.54, 1.807) is 16.8 Å². The van der Waals surface area contributed by atoms with Gasteiger partial charge in [-0.15, -0.1) is 5.10 Å². The first-order valence-corrected chi connectivity index (χ1v) is 8.62. The normalized spacial score (nSPS) is 10.9. The van der Waals surface area contributed by atoms with Crippen molar-refractivity contribution in [3.05, 3.63) is 53.9 Å². The zero-order valence-corrected chi connectivity index (χ0v) is 15.3. The Kier molecular flexibility index (Phi) is 4.67. The monoisotopic (exact) mass is 379 g/mol. The molecule has 4 aromatic rings. The fraction of sp³-hybridized carbons (Fsp3) is 0.222. The number of hydrogen-bond acceptors (Lipinski definition) is 8. The number of carbonyl (C=O) groups is 1. The van der Waals surface area contributed by atoms with Crippen molar-refractivity contribution in [2.45, 2.75) is 26.7 Å². The molecule has 0 bridgehead atoms. The predicted octanol–water partition coefficient (Wildman–Crippen LogP) is 2.49. The van der Waals surface area contributed by atoms with Gasteiger partial charge < -0.3 is 14.3 Å². The van der Waals surface area contributed by atoms with Crippen LogP contribution in [0.5, 0.6) is 0 Å². The number of nitrogens with one attached hydrogen (secondary N) is 1. The molecular weight excluding hydrogens is 362 g/mol. The Morgan fingerprint density at radius 3 is 2.89 bits per heavy atom. The van der Waals surface area contributed by atoms with Crippen molar-refractivity contribution in [2.75, 3.05) is 5.32 Å². The van der Waals surface area contributed by atoms with Crippen molar-refractivity contribution < 1.29 is 13.7 Å². The number of amides is 1. The molecule has 0 aliphatic heterocycles. The second-order valence-electron chi connectivity index (χ2n) is 6.18. The maximum absolute atomic E-state index is 12.3. The van der Waals surface area contributed by atoms with Crippen LogP contribution in [-0.2, 0) is 11.2 Å². The van der Waals surface area contributed by atoms with Crippen molar-refractivity contribution in [3.63, 3.8) is 0 Å². The molecule has 142 valence electrons. The molecule has 0 aliphatic rings. The lowest BCUT2D eigenvalue weighted by atomic mass is 10.1. The van der Waals surface area contributed by atoms with Gasteiger partial charge in [-0.1, -0.05) is 11.2 Å². The molecular formula is C18H17N7O3. The first-order chi connectivity index (χ1) is 13.6. The Labute approximate surface area is 159 Å². The second kappa shape index (κ2) is 7.43. The quantitative estimate of drug-likeness (QED) is 0.542. The number of tetrazole rings is 1. The number of carbonyl (C=O) groups excluding carboxylic acids is 1. The minimum absolute atomic E-state index is 0.166. The van der Waals surface area contributed by atoms with E-state index in [0.29, 0.717) is 35.4 Å². The van der Waals surface area contributed by atoms with Crippen LogP contribution in [0.15, 0.2) is 45.5 Å². The average Bonchev–Trinajstić information content (AvgIpc) is 3.43. The van der Waals surface area contributed by atoms with Gasteiger partial charge in [0.2, 0.25) is 17.6 Å². The summed E-state index contributed by atoms with van der Waals surface area (Å²) in [4.78, 5) is 16.5. The highest BCUT2D eigenvalue weighted by Gasteiger charge is 2.13. The molecule has 3 heterocycles. The third-order valence-corrected chi connectivity index (χ3v) is 4.12. The van der Waals surface area contributed by atoms with Gasteiger partial charge in [-0.2, -0.15) is 9.67 Å². The number of aryl methyl sites for hydroxylation is 3. The number of anilines is 1. The molecule has 0 atom stereocenters. The van der Waals surface area contributed by atoms with E-state index in [1.807, 2.05) is 32.0 Å². The van der Waals surface area contributed by atoms with E-state index in [-0.39, 0.29) is 12.3 Å². The lowest BCUT2D eigenvalue weighted by molar-refractivity contribution is -0.116. The topological polar surface area (TPSA) is 125 Å². The van der Waals surface area contributed by atoms with Crippen molar-refractivity contribution in [1.29, 1.82) is 0 Å². The Balaban J connectivity index is 1.40. The van der Waals surface area contributed by atoms with Gasteiger partial charge in [-0.3, -0.25) is 4.79 Å². The Morgan fingerprint density at radius 2 is 2.14 bits per heavy atom. The third kappa shape index (κ3) is 3.65. The highest BCUT2D eigenvalue weighted by Crippen LogP contribution is 2.20. The lowest BCUT2D eigenvalue weighted by Crippen LogP contribution is -2.13. The first-order valence-electron chi connectivity index (χ1n) is 8.62. The maximum atomic E-state index is 12.3. The smallest absolute Gasteiger partial charge is 0.238 e. The molecule has 1 N–H and O–H groups in total. The summed E-state index contributed by atoms with van der Waals surface area (Å²) in [6.07, 6.45) is 2.06. The molecule has 10 nitrogen and oxygen atoms in total. The molecule has 3 aromatic heterocycles. The van der Waals surface area contributed by atoms with E-state index in [2.05, 4.69) is 31.0 Å². The number of nitrogens with zero attached hydrogens (tertiary/aromatic N) is 6. The summed E-state index contributed by atoms with van der Waals surface area (Å²) in [6.45, 7) is 3.76. The van der Waals surface area contributed by atoms with Gasteiger partial charge in [0, 0.05) is 18.5 Å². The zero-order valence-electron chi connectivity index (χ0n) is 15.3. The van der Waals surface area contributed by atoms with E-state index in [4.69, 9.17) is 8.94 Å². The average molecular weight is 379 g/mol. The molecule has 1 aromatic carbocycles. The molecule has 1 amide bonds. The molecule has 0 spiro atoms. The van der Waals surface area contributed by atoms with Crippen LogP contribution < -0.4 is 5.32 Å². The third-order valence-electron chi connectivity index (χ3n) is 4.12. The maximum Gasteiger partial charge on any atom is 0.238 e. The van der Waals surface area contributed by atoms with E-state index in [9.17, 15) is 4.79 Å². The number of aromatic nitrogens is 6. The summed E-state index contributed by atoms with van der Waals surface area (Å²) in [6, 6.07) is 9.05. The van der Waals surface area contributed by atoms with Gasteiger partial charge in [0.15, 0.2) is 11.6 Å². The van der Waals surface area contributed by atoms with Gasteiger partial charge in [-0.25, -0.2) is 0 Å². The summed E-state index contributed by atoms with van der Waals surface area (Å²) in [5.74, 6) is 1.75. The van der Waals surface area contributed by atoms with Gasteiger partial charge in [0.25, 0.3) is 0 Å². The lowest BCUT2D eigenvalue weighted by Gasteiger charge is -2.10. The van der Waals surface area contributed by atoms with Crippen LogP contribution in [0.1, 0.15) is 23.7 Å². The van der Waals surface area contributed by atoms with Crippen LogP contribution in [-0.4, -0.2) is 36.3 Å². The summed E-state index contributed by atoms with van der Waals surface area (Å²) >= 11 is 0. The number of benzene rings is 1. The molecule has 10 heteroatoms. The molecule has 0 saturated heterocycles. The highest BCUT2D eigenvalue weighted by molar-refractivity contribution is 5.91. The summed E-state index contributed by atoms with van der Waals surface area (Å²) in [7, 11) is 0. The molecule has 0 radical (unpaired) electrons. The minimum atomic E-state index is -0.166. The van der Waals surface area contributed by atoms with Crippen LogP contribution in [0.4, 0.5) is 5.69 Å². The highest BCUT2D eigenvalue weighted by atomic mass is 16.5. The van der Waals surface area contributed by atoms with E-state index < -0.39 is 0 Å². The van der Waals surface area contributed by atoms with Gasteiger partial charge in [0.1, 0.15) is 0 Å². The second-order valence-corrected chi connectivity index (χ2v) is 6.18. The first kappa shape index (κ1) is 17.6. The van der Waals surface area contributed by atoms with Crippen molar-refractivity contribution in [3.8, 4) is 17.3 Å². The van der Waals surface area contributed by atoms with Crippen LogP contribution in [0.3, 0.4) is 0 Å². The van der Waals surface area contributed by atoms with Crippen molar-refractivity contribution >= 4 is 11.6 Å². The summed E-state index contributed by atoms with van der Waals surface area (Å²) in [5.41, 5.74) is 2.45. The molecule has 0 saturated carbocycles. The predicted molar refractivity (Wildman–Crippen MR) is 97.6 cm³/mol. The molecule has 0 aliphatic carbocycles. The summed E-state index contributed by atoms with van der Waals surface area (Å²) in [5, 5.41) is 18.2. The van der Waals surface area contributed by atoms with E-state index >= 15 is 0 Å².